The van der Waals surface area contributed by atoms with E-state index in [1.165, 1.54) is 5.56 Å². The van der Waals surface area contributed by atoms with Crippen molar-refractivity contribution in [3.05, 3.63) is 35.9 Å². The molecule has 0 radical (unpaired) electrons. The molecule has 0 N–H and O–H groups in total. The minimum Gasteiger partial charge on any atom is -0.375 e. The molecule has 0 spiro atoms. The van der Waals surface area contributed by atoms with Gasteiger partial charge in [0.1, 0.15) is 0 Å². The van der Waals surface area contributed by atoms with E-state index in [9.17, 15) is 4.79 Å². The molecule has 1 saturated carbocycles. The summed E-state index contributed by atoms with van der Waals surface area (Å²) in [5.41, 5.74) is 1.17. The van der Waals surface area contributed by atoms with Crippen LogP contribution in [0.5, 0.6) is 0 Å². The van der Waals surface area contributed by atoms with Gasteiger partial charge in [0.15, 0.2) is 0 Å². The Balaban J connectivity index is 1.62. The lowest BCUT2D eigenvalue weighted by atomic mass is 10.2. The zero-order valence-corrected chi connectivity index (χ0v) is 11.1. The molecule has 2 atom stereocenters. The summed E-state index contributed by atoms with van der Waals surface area (Å²) in [6, 6.07) is 10.1. The van der Waals surface area contributed by atoms with Crippen molar-refractivity contribution in [1.82, 2.24) is 4.90 Å². The highest BCUT2D eigenvalue weighted by Gasteiger charge is 2.40. The van der Waals surface area contributed by atoms with Crippen LogP contribution in [-0.2, 0) is 16.1 Å². The number of rotatable bonds is 6. The Kier molecular flexibility index (Phi) is 4.37. The summed E-state index contributed by atoms with van der Waals surface area (Å²) < 4.78 is 5.57. The molecular formula is C15H21NO2. The Morgan fingerprint density at radius 3 is 2.67 bits per heavy atom. The molecule has 1 aromatic carbocycles. The molecule has 1 fully saturated rings. The predicted octanol–water partition coefficient (Wildman–Crippen LogP) is 2.32. The molecule has 2 rings (SSSR count). The van der Waals surface area contributed by atoms with Gasteiger partial charge in [-0.1, -0.05) is 37.3 Å². The van der Waals surface area contributed by atoms with E-state index < -0.39 is 0 Å². The average molecular weight is 247 g/mol. The molecule has 0 saturated heterocycles. The van der Waals surface area contributed by atoms with Gasteiger partial charge in [-0.25, -0.2) is 0 Å². The first-order valence-electron chi connectivity index (χ1n) is 6.55. The summed E-state index contributed by atoms with van der Waals surface area (Å²) in [5, 5.41) is 0. The third kappa shape index (κ3) is 3.57. The summed E-state index contributed by atoms with van der Waals surface area (Å²) in [7, 11) is 1.86. The summed E-state index contributed by atoms with van der Waals surface area (Å²) in [5.74, 6) is 1.11. The standard InChI is InChI=1S/C15H21NO2/c1-12-10-14(12)15(17)16(2)8-9-18-11-13-6-4-3-5-7-13/h3-7,12,14H,8-11H2,1-2H3. The molecule has 0 bridgehead atoms. The fourth-order valence-corrected chi connectivity index (χ4v) is 2.03. The molecule has 3 nitrogen and oxygen atoms in total. The van der Waals surface area contributed by atoms with Crippen molar-refractivity contribution in [2.24, 2.45) is 11.8 Å². The number of ether oxygens (including phenoxy) is 1. The molecule has 1 aliphatic carbocycles. The highest BCUT2D eigenvalue weighted by Crippen LogP contribution is 2.38. The van der Waals surface area contributed by atoms with Gasteiger partial charge < -0.3 is 9.64 Å². The van der Waals surface area contributed by atoms with Crippen LogP contribution in [0.15, 0.2) is 30.3 Å². The molecule has 1 aromatic rings. The van der Waals surface area contributed by atoms with Gasteiger partial charge in [-0.15, -0.1) is 0 Å². The van der Waals surface area contributed by atoms with Crippen LogP contribution >= 0.6 is 0 Å². The second kappa shape index (κ2) is 6.01. The number of nitrogens with zero attached hydrogens (tertiary/aromatic N) is 1. The summed E-state index contributed by atoms with van der Waals surface area (Å²) in [6.45, 7) is 4.01. The first kappa shape index (κ1) is 13.1. The lowest BCUT2D eigenvalue weighted by molar-refractivity contribution is -0.132. The fourth-order valence-electron chi connectivity index (χ4n) is 2.03. The van der Waals surface area contributed by atoms with Crippen molar-refractivity contribution in [3.63, 3.8) is 0 Å². The Morgan fingerprint density at radius 1 is 1.39 bits per heavy atom. The molecule has 1 amide bonds. The fraction of sp³-hybridized carbons (Fsp3) is 0.533. The molecule has 1 aliphatic rings. The third-order valence-corrected chi connectivity index (χ3v) is 3.49. The normalized spacial score (nSPS) is 21.7. The van der Waals surface area contributed by atoms with E-state index in [4.69, 9.17) is 4.74 Å². The van der Waals surface area contributed by atoms with Crippen LogP contribution in [0.25, 0.3) is 0 Å². The molecular weight excluding hydrogens is 226 g/mol. The second-order valence-electron chi connectivity index (χ2n) is 5.12. The Hall–Kier alpha value is -1.35. The molecule has 0 aliphatic heterocycles. The van der Waals surface area contributed by atoms with Crippen LogP contribution in [0.4, 0.5) is 0 Å². The van der Waals surface area contributed by atoms with Crippen molar-refractivity contribution < 1.29 is 9.53 Å². The van der Waals surface area contributed by atoms with Gasteiger partial charge in [-0.2, -0.15) is 0 Å². The maximum atomic E-state index is 11.9. The van der Waals surface area contributed by atoms with Gasteiger partial charge in [0.2, 0.25) is 5.91 Å². The topological polar surface area (TPSA) is 29.5 Å². The van der Waals surface area contributed by atoms with Gasteiger partial charge in [0.05, 0.1) is 13.2 Å². The van der Waals surface area contributed by atoms with E-state index in [1.54, 1.807) is 4.90 Å². The van der Waals surface area contributed by atoms with E-state index in [0.29, 0.717) is 25.7 Å². The Morgan fingerprint density at radius 2 is 2.06 bits per heavy atom. The van der Waals surface area contributed by atoms with Gasteiger partial charge in [0.25, 0.3) is 0 Å². The zero-order chi connectivity index (χ0) is 13.0. The number of carbonyl (C=O) groups is 1. The first-order valence-corrected chi connectivity index (χ1v) is 6.55. The van der Waals surface area contributed by atoms with Crippen LogP contribution in [0, 0.1) is 11.8 Å². The van der Waals surface area contributed by atoms with Crippen molar-refractivity contribution in [1.29, 1.82) is 0 Å². The predicted molar refractivity (Wildman–Crippen MR) is 71.0 cm³/mol. The number of hydrogen-bond donors (Lipinski definition) is 0. The van der Waals surface area contributed by atoms with Crippen molar-refractivity contribution in [2.45, 2.75) is 20.0 Å². The third-order valence-electron chi connectivity index (χ3n) is 3.49. The second-order valence-corrected chi connectivity index (χ2v) is 5.12. The van der Waals surface area contributed by atoms with E-state index in [1.807, 2.05) is 37.4 Å². The molecule has 3 heteroatoms. The van der Waals surface area contributed by atoms with Crippen molar-refractivity contribution in [2.75, 3.05) is 20.2 Å². The number of carbonyl (C=O) groups excluding carboxylic acids is 1. The van der Waals surface area contributed by atoms with Crippen LogP contribution in [-0.4, -0.2) is 31.0 Å². The number of amides is 1. The smallest absolute Gasteiger partial charge is 0.225 e. The van der Waals surface area contributed by atoms with Gasteiger partial charge in [-0.05, 0) is 17.9 Å². The zero-order valence-electron chi connectivity index (χ0n) is 11.1. The average Bonchev–Trinajstić information content (AvgIpc) is 3.12. The first-order chi connectivity index (χ1) is 8.68. The number of benzene rings is 1. The van der Waals surface area contributed by atoms with Crippen LogP contribution in [0.2, 0.25) is 0 Å². The van der Waals surface area contributed by atoms with Crippen LogP contribution in [0.1, 0.15) is 18.9 Å². The lowest BCUT2D eigenvalue weighted by Crippen LogP contribution is -2.31. The quantitative estimate of drug-likeness (QED) is 0.722. The molecule has 0 heterocycles. The summed E-state index contributed by atoms with van der Waals surface area (Å²) in [4.78, 5) is 13.6. The van der Waals surface area contributed by atoms with Crippen molar-refractivity contribution >= 4 is 5.91 Å². The van der Waals surface area contributed by atoms with Crippen LogP contribution in [0.3, 0.4) is 0 Å². The summed E-state index contributed by atoms with van der Waals surface area (Å²) in [6.07, 6.45) is 1.05. The number of hydrogen-bond acceptors (Lipinski definition) is 2. The van der Waals surface area contributed by atoms with Crippen molar-refractivity contribution in [3.8, 4) is 0 Å². The van der Waals surface area contributed by atoms with Gasteiger partial charge in [0, 0.05) is 19.5 Å². The maximum absolute atomic E-state index is 11.9. The Bertz CT molecular complexity index is 391. The SMILES string of the molecule is CC1CC1C(=O)N(C)CCOCc1ccccc1. The van der Waals surface area contributed by atoms with Gasteiger partial charge >= 0.3 is 0 Å². The minimum atomic E-state index is 0.268. The molecule has 0 aromatic heterocycles. The molecule has 98 valence electrons. The highest BCUT2D eigenvalue weighted by atomic mass is 16.5. The molecule has 18 heavy (non-hydrogen) atoms. The van der Waals surface area contributed by atoms with Gasteiger partial charge in [-0.3, -0.25) is 4.79 Å². The van der Waals surface area contributed by atoms with E-state index in [-0.39, 0.29) is 11.8 Å². The monoisotopic (exact) mass is 247 g/mol. The molecule has 2 unspecified atom stereocenters. The van der Waals surface area contributed by atoms with E-state index in [0.717, 1.165) is 6.42 Å². The van der Waals surface area contributed by atoms with E-state index >= 15 is 0 Å². The Labute approximate surface area is 109 Å². The van der Waals surface area contributed by atoms with E-state index in [2.05, 4.69) is 6.92 Å². The largest absolute Gasteiger partial charge is 0.375 e. The minimum absolute atomic E-state index is 0.268. The maximum Gasteiger partial charge on any atom is 0.225 e. The highest BCUT2D eigenvalue weighted by molar-refractivity contribution is 5.81. The number of likely N-dealkylation sites (N-methyl/N-ethyl adjacent to an activating group) is 1. The summed E-state index contributed by atoms with van der Waals surface area (Å²) >= 11 is 0. The van der Waals surface area contributed by atoms with Crippen LogP contribution < -0.4 is 0 Å². The lowest BCUT2D eigenvalue weighted by Gasteiger charge is -2.17.